The Kier molecular flexibility index (Phi) is 3.55. The van der Waals surface area contributed by atoms with Crippen molar-refractivity contribution in [1.29, 1.82) is 0 Å². The van der Waals surface area contributed by atoms with Crippen LogP contribution in [-0.4, -0.2) is 29.4 Å². The summed E-state index contributed by atoms with van der Waals surface area (Å²) in [5.41, 5.74) is 0.665. The van der Waals surface area contributed by atoms with Crippen LogP contribution in [0.2, 0.25) is 0 Å². The summed E-state index contributed by atoms with van der Waals surface area (Å²) in [5, 5.41) is 0. The van der Waals surface area contributed by atoms with E-state index in [9.17, 15) is 4.79 Å². The van der Waals surface area contributed by atoms with Crippen molar-refractivity contribution in [3.05, 3.63) is 24.0 Å². The molecule has 0 atom stereocenters. The van der Waals surface area contributed by atoms with Crippen LogP contribution in [0.15, 0.2) is 18.3 Å². The van der Waals surface area contributed by atoms with Crippen molar-refractivity contribution in [2.45, 2.75) is 19.8 Å². The highest BCUT2D eigenvalue weighted by atomic mass is 16.2. The number of aromatic amines is 1. The molecule has 13 heavy (non-hydrogen) atoms. The molecule has 0 aliphatic heterocycles. The zero-order valence-electron chi connectivity index (χ0n) is 8.21. The summed E-state index contributed by atoms with van der Waals surface area (Å²) in [4.78, 5) is 16.3. The van der Waals surface area contributed by atoms with Gasteiger partial charge in [0.05, 0.1) is 0 Å². The van der Waals surface area contributed by atoms with Gasteiger partial charge in [-0.2, -0.15) is 0 Å². The number of nitrogens with one attached hydrogen (secondary N) is 1. The van der Waals surface area contributed by atoms with Crippen LogP contribution < -0.4 is 0 Å². The lowest BCUT2D eigenvalue weighted by Gasteiger charge is -2.15. The number of aromatic nitrogens is 1. The van der Waals surface area contributed by atoms with E-state index in [0.29, 0.717) is 5.69 Å². The molecule has 0 saturated heterocycles. The van der Waals surface area contributed by atoms with Crippen LogP contribution in [0.5, 0.6) is 0 Å². The van der Waals surface area contributed by atoms with E-state index in [2.05, 4.69) is 11.9 Å². The van der Waals surface area contributed by atoms with Gasteiger partial charge in [-0.1, -0.05) is 13.3 Å². The van der Waals surface area contributed by atoms with Gasteiger partial charge in [0.2, 0.25) is 0 Å². The van der Waals surface area contributed by atoms with Crippen LogP contribution in [0.4, 0.5) is 0 Å². The maximum absolute atomic E-state index is 11.6. The second kappa shape index (κ2) is 4.70. The van der Waals surface area contributed by atoms with Crippen molar-refractivity contribution < 1.29 is 4.79 Å². The molecule has 1 heterocycles. The highest BCUT2D eigenvalue weighted by Gasteiger charge is 2.10. The third-order valence-corrected chi connectivity index (χ3v) is 2.02. The lowest BCUT2D eigenvalue weighted by atomic mass is 10.3. The molecule has 1 aromatic rings. The Balaban J connectivity index is 2.48. The SMILES string of the molecule is CCCCN(C)C(=O)c1ccc[nH]1. The first-order valence-electron chi connectivity index (χ1n) is 4.64. The van der Waals surface area contributed by atoms with E-state index in [1.54, 1.807) is 17.2 Å². The second-order valence-corrected chi connectivity index (χ2v) is 3.16. The van der Waals surface area contributed by atoms with Crippen LogP contribution in [-0.2, 0) is 0 Å². The molecule has 3 heteroatoms. The van der Waals surface area contributed by atoms with E-state index < -0.39 is 0 Å². The van der Waals surface area contributed by atoms with Crippen LogP contribution in [0.3, 0.4) is 0 Å². The Labute approximate surface area is 78.8 Å². The standard InChI is InChI=1S/C10H16N2O/c1-3-4-8-12(2)10(13)9-6-5-7-11-9/h5-7,11H,3-4,8H2,1-2H3. The molecule has 1 amide bonds. The molecule has 0 aliphatic carbocycles. The number of carbonyl (C=O) groups excluding carboxylic acids is 1. The summed E-state index contributed by atoms with van der Waals surface area (Å²) in [6, 6.07) is 3.63. The predicted molar refractivity (Wildman–Crippen MR) is 52.7 cm³/mol. The highest BCUT2D eigenvalue weighted by Crippen LogP contribution is 2.01. The minimum atomic E-state index is 0.0680. The number of rotatable bonds is 4. The van der Waals surface area contributed by atoms with Crippen LogP contribution in [0.25, 0.3) is 0 Å². The number of nitrogens with zero attached hydrogens (tertiary/aromatic N) is 1. The number of carbonyl (C=O) groups is 1. The second-order valence-electron chi connectivity index (χ2n) is 3.16. The van der Waals surface area contributed by atoms with Crippen LogP contribution in [0.1, 0.15) is 30.3 Å². The third kappa shape index (κ3) is 2.61. The Morgan fingerprint density at radius 3 is 2.92 bits per heavy atom. The summed E-state index contributed by atoms with van der Waals surface area (Å²) in [6.45, 7) is 2.95. The van der Waals surface area contributed by atoms with Gasteiger partial charge < -0.3 is 9.88 Å². The van der Waals surface area contributed by atoms with Crippen molar-refractivity contribution in [2.24, 2.45) is 0 Å². The molecule has 0 aromatic carbocycles. The molecule has 0 spiro atoms. The number of unbranched alkanes of at least 4 members (excludes halogenated alkanes) is 1. The van der Waals surface area contributed by atoms with E-state index in [1.807, 2.05) is 13.1 Å². The maximum Gasteiger partial charge on any atom is 0.270 e. The van der Waals surface area contributed by atoms with Gasteiger partial charge >= 0.3 is 0 Å². The molecule has 72 valence electrons. The fraction of sp³-hybridized carbons (Fsp3) is 0.500. The molecule has 0 aliphatic rings. The quantitative estimate of drug-likeness (QED) is 0.754. The summed E-state index contributed by atoms with van der Waals surface area (Å²) in [5.74, 6) is 0.0680. The molecule has 1 rings (SSSR count). The summed E-state index contributed by atoms with van der Waals surface area (Å²) >= 11 is 0. The van der Waals surface area contributed by atoms with E-state index in [-0.39, 0.29) is 5.91 Å². The van der Waals surface area contributed by atoms with Gasteiger partial charge in [0, 0.05) is 19.8 Å². The predicted octanol–water partition coefficient (Wildman–Crippen LogP) is 1.89. The summed E-state index contributed by atoms with van der Waals surface area (Å²) in [7, 11) is 1.83. The van der Waals surface area contributed by atoms with E-state index in [1.165, 1.54) is 0 Å². The van der Waals surface area contributed by atoms with Crippen molar-refractivity contribution in [3.63, 3.8) is 0 Å². The largest absolute Gasteiger partial charge is 0.357 e. The maximum atomic E-state index is 11.6. The molecule has 0 unspecified atom stereocenters. The molecule has 1 N–H and O–H groups in total. The Hall–Kier alpha value is -1.25. The molecule has 0 bridgehead atoms. The molecule has 0 fully saturated rings. The van der Waals surface area contributed by atoms with Crippen LogP contribution >= 0.6 is 0 Å². The molecule has 3 nitrogen and oxygen atoms in total. The lowest BCUT2D eigenvalue weighted by molar-refractivity contribution is 0.0788. The minimum Gasteiger partial charge on any atom is -0.357 e. The van der Waals surface area contributed by atoms with Gasteiger partial charge in [-0.3, -0.25) is 4.79 Å². The molecule has 0 radical (unpaired) electrons. The summed E-state index contributed by atoms with van der Waals surface area (Å²) in [6.07, 6.45) is 3.94. The fourth-order valence-electron chi connectivity index (χ4n) is 1.17. The van der Waals surface area contributed by atoms with E-state index in [0.717, 1.165) is 19.4 Å². The average molecular weight is 180 g/mol. The fourth-order valence-corrected chi connectivity index (χ4v) is 1.17. The van der Waals surface area contributed by atoms with Gasteiger partial charge in [-0.05, 0) is 18.6 Å². The van der Waals surface area contributed by atoms with Crippen molar-refractivity contribution in [3.8, 4) is 0 Å². The van der Waals surface area contributed by atoms with E-state index >= 15 is 0 Å². The molecular formula is C10H16N2O. The van der Waals surface area contributed by atoms with Crippen molar-refractivity contribution in [2.75, 3.05) is 13.6 Å². The number of hydrogen-bond donors (Lipinski definition) is 1. The van der Waals surface area contributed by atoms with Gasteiger partial charge in [0.15, 0.2) is 0 Å². The Morgan fingerprint density at radius 2 is 2.38 bits per heavy atom. The minimum absolute atomic E-state index is 0.0680. The Morgan fingerprint density at radius 1 is 1.62 bits per heavy atom. The molecule has 1 aromatic heterocycles. The Bertz CT molecular complexity index is 254. The topological polar surface area (TPSA) is 36.1 Å². The highest BCUT2D eigenvalue weighted by molar-refractivity contribution is 5.92. The monoisotopic (exact) mass is 180 g/mol. The number of amides is 1. The number of hydrogen-bond acceptors (Lipinski definition) is 1. The normalized spacial score (nSPS) is 10.0. The van der Waals surface area contributed by atoms with Crippen LogP contribution in [0, 0.1) is 0 Å². The zero-order chi connectivity index (χ0) is 9.68. The number of H-pyrrole nitrogens is 1. The lowest BCUT2D eigenvalue weighted by Crippen LogP contribution is -2.27. The van der Waals surface area contributed by atoms with Crippen molar-refractivity contribution >= 4 is 5.91 Å². The first-order valence-corrected chi connectivity index (χ1v) is 4.64. The molecular weight excluding hydrogens is 164 g/mol. The first-order chi connectivity index (χ1) is 6.25. The van der Waals surface area contributed by atoms with Gasteiger partial charge in [-0.15, -0.1) is 0 Å². The molecule has 0 saturated carbocycles. The van der Waals surface area contributed by atoms with E-state index in [4.69, 9.17) is 0 Å². The first kappa shape index (κ1) is 9.84. The smallest absolute Gasteiger partial charge is 0.270 e. The van der Waals surface area contributed by atoms with Crippen molar-refractivity contribution in [1.82, 2.24) is 9.88 Å². The average Bonchev–Trinajstić information content (AvgIpc) is 2.65. The van der Waals surface area contributed by atoms with Gasteiger partial charge in [-0.25, -0.2) is 0 Å². The summed E-state index contributed by atoms with van der Waals surface area (Å²) < 4.78 is 0. The van der Waals surface area contributed by atoms with Gasteiger partial charge in [0.25, 0.3) is 5.91 Å². The third-order valence-electron chi connectivity index (χ3n) is 2.02. The zero-order valence-corrected chi connectivity index (χ0v) is 8.21. The van der Waals surface area contributed by atoms with Gasteiger partial charge in [0.1, 0.15) is 5.69 Å².